The maximum Gasteiger partial charge on any atom is 0.425 e. The molecule has 0 fully saturated rings. The third kappa shape index (κ3) is 7.20. The number of Topliss-reactive ketones (excluding diaryl/α,β-unsaturated/α-hetero) is 1. The number of ether oxygens (including phenoxy) is 1. The minimum Gasteiger partial charge on any atom is -0.480 e. The summed E-state index contributed by atoms with van der Waals surface area (Å²) in [4.78, 5) is 28.7. The highest BCUT2D eigenvalue weighted by atomic mass is 19.4. The molecule has 0 aliphatic rings. The maximum atomic E-state index is 14.9. The smallest absolute Gasteiger partial charge is 0.425 e. The summed E-state index contributed by atoms with van der Waals surface area (Å²) in [5, 5.41) is 21.5. The van der Waals surface area contributed by atoms with Crippen molar-refractivity contribution in [2.24, 2.45) is 7.05 Å². The molecule has 0 spiro atoms. The molecule has 0 bridgehead atoms. The Hall–Kier alpha value is -4.24. The molecule has 1 aromatic heterocycles. The highest BCUT2D eigenvalue weighted by Crippen LogP contribution is 2.28. The van der Waals surface area contributed by atoms with Crippen LogP contribution < -0.4 is 10.1 Å². The zero-order chi connectivity index (χ0) is 28.9. The average molecular weight is 547 g/mol. The van der Waals surface area contributed by atoms with Gasteiger partial charge in [0.1, 0.15) is 17.6 Å². The van der Waals surface area contributed by atoms with Gasteiger partial charge in [-0.25, -0.2) is 9.37 Å². The van der Waals surface area contributed by atoms with Crippen molar-refractivity contribution < 1.29 is 37.0 Å². The van der Waals surface area contributed by atoms with Crippen molar-refractivity contribution in [3.63, 3.8) is 0 Å². The van der Waals surface area contributed by atoms with E-state index in [9.17, 15) is 37.5 Å². The van der Waals surface area contributed by atoms with E-state index in [1.165, 1.54) is 29.7 Å². The Labute approximate surface area is 221 Å². The minimum atomic E-state index is -4.63. The number of nitrogens with zero attached hydrogens (tertiary/aromatic N) is 3. The molecule has 2 aromatic carbocycles. The molecule has 0 aliphatic carbocycles. The zero-order valence-electron chi connectivity index (χ0n) is 21.3. The fraction of sp³-hybridized carbons (Fsp3) is 0.333. The van der Waals surface area contributed by atoms with Crippen LogP contribution >= 0.6 is 0 Å². The normalized spacial score (nSPS) is 12.9. The number of aliphatic hydroxyl groups excluding tert-OH is 1. The zero-order valence-corrected chi connectivity index (χ0v) is 21.3. The van der Waals surface area contributed by atoms with Crippen LogP contribution in [0.3, 0.4) is 0 Å². The van der Waals surface area contributed by atoms with E-state index in [1.807, 2.05) is 0 Å². The van der Waals surface area contributed by atoms with Crippen molar-refractivity contribution in [1.29, 1.82) is 5.26 Å². The number of carbonyl (C=O) groups excluding carboxylic acids is 2. The summed E-state index contributed by atoms with van der Waals surface area (Å²) in [6.45, 7) is 1.88. The summed E-state index contributed by atoms with van der Waals surface area (Å²) >= 11 is 0. The molecule has 0 unspecified atom stereocenters. The number of hydrogen-bond donors (Lipinski definition) is 2. The van der Waals surface area contributed by atoms with Crippen LogP contribution in [0.5, 0.6) is 5.75 Å². The van der Waals surface area contributed by atoms with Gasteiger partial charge in [-0.15, -0.1) is 0 Å². The molecular formula is C27H26F4N4O4. The van der Waals surface area contributed by atoms with Gasteiger partial charge >= 0.3 is 6.18 Å². The lowest BCUT2D eigenvalue weighted by Crippen LogP contribution is -2.37. The first-order chi connectivity index (χ1) is 18.3. The quantitative estimate of drug-likeness (QED) is 0.288. The summed E-state index contributed by atoms with van der Waals surface area (Å²) in [5.74, 6) is -1.61. The lowest BCUT2D eigenvalue weighted by atomic mass is 10.0. The molecule has 1 heterocycles. The van der Waals surface area contributed by atoms with Crippen LogP contribution in [-0.4, -0.2) is 51.3 Å². The van der Waals surface area contributed by atoms with Crippen LogP contribution in [0.4, 0.5) is 17.6 Å². The summed E-state index contributed by atoms with van der Waals surface area (Å²) in [6.07, 6.45) is -4.96. The Kier molecular flexibility index (Phi) is 9.08. The van der Waals surface area contributed by atoms with E-state index in [-0.39, 0.29) is 59.2 Å². The number of halogens is 4. The Morgan fingerprint density at radius 1 is 1.23 bits per heavy atom. The number of aromatic nitrogens is 2. The number of rotatable bonds is 10. The summed E-state index contributed by atoms with van der Waals surface area (Å²) < 4.78 is 59.7. The third-order valence-electron chi connectivity index (χ3n) is 5.92. The van der Waals surface area contributed by atoms with Crippen LogP contribution in [0, 0.1) is 17.1 Å². The second-order valence-electron chi connectivity index (χ2n) is 8.94. The van der Waals surface area contributed by atoms with E-state index < -0.39 is 30.0 Å². The van der Waals surface area contributed by atoms with Crippen LogP contribution in [0.2, 0.25) is 0 Å². The molecule has 0 saturated carbocycles. The van der Waals surface area contributed by atoms with Crippen LogP contribution in [0.1, 0.15) is 52.4 Å². The molecule has 8 nitrogen and oxygen atoms in total. The SMILES string of the molecule is CC(=O)c1nc(-c2ccc(C[C@@H](CCO)NC(=O)c3ccc(O[C@@H](C)C(F)(F)F)c(C#N)c3)cc2F)cn1C. The van der Waals surface area contributed by atoms with Crippen molar-refractivity contribution >= 4 is 11.7 Å². The third-order valence-corrected chi connectivity index (χ3v) is 5.92. The Morgan fingerprint density at radius 2 is 1.95 bits per heavy atom. The molecule has 2 atom stereocenters. The van der Waals surface area contributed by atoms with Crippen LogP contribution in [-0.2, 0) is 13.5 Å². The number of imidazole rings is 1. The van der Waals surface area contributed by atoms with Gasteiger partial charge in [-0.05, 0) is 55.7 Å². The fourth-order valence-electron chi connectivity index (χ4n) is 3.87. The number of benzene rings is 2. The summed E-state index contributed by atoms with van der Waals surface area (Å²) in [5.41, 5.74) is 0.741. The molecular weight excluding hydrogens is 520 g/mol. The average Bonchev–Trinajstić information content (AvgIpc) is 3.25. The van der Waals surface area contributed by atoms with Crippen molar-refractivity contribution in [1.82, 2.24) is 14.9 Å². The van der Waals surface area contributed by atoms with Crippen molar-refractivity contribution in [3.05, 3.63) is 70.9 Å². The number of hydrogen-bond acceptors (Lipinski definition) is 6. The lowest BCUT2D eigenvalue weighted by Gasteiger charge is -2.20. The molecule has 1 amide bonds. The van der Waals surface area contributed by atoms with Gasteiger partial charge in [-0.3, -0.25) is 9.59 Å². The van der Waals surface area contributed by atoms with Gasteiger partial charge in [-0.1, -0.05) is 6.07 Å². The Balaban J connectivity index is 1.75. The fourth-order valence-corrected chi connectivity index (χ4v) is 3.87. The molecule has 3 aromatic rings. The molecule has 39 heavy (non-hydrogen) atoms. The van der Waals surface area contributed by atoms with E-state index in [0.29, 0.717) is 5.56 Å². The number of nitriles is 1. The molecule has 0 aliphatic heterocycles. The molecule has 0 radical (unpaired) electrons. The number of nitrogens with one attached hydrogen (secondary N) is 1. The first kappa shape index (κ1) is 29.3. The summed E-state index contributed by atoms with van der Waals surface area (Å²) in [7, 11) is 1.63. The van der Waals surface area contributed by atoms with E-state index in [1.54, 1.807) is 25.4 Å². The number of aryl methyl sites for hydroxylation is 1. The molecule has 206 valence electrons. The van der Waals surface area contributed by atoms with E-state index in [0.717, 1.165) is 19.1 Å². The van der Waals surface area contributed by atoms with Gasteiger partial charge in [0.25, 0.3) is 5.91 Å². The first-order valence-electron chi connectivity index (χ1n) is 11.9. The number of carbonyl (C=O) groups is 2. The minimum absolute atomic E-state index is 0.000502. The number of amides is 1. The first-order valence-corrected chi connectivity index (χ1v) is 11.9. The van der Waals surface area contributed by atoms with Crippen LogP contribution in [0.15, 0.2) is 42.6 Å². The largest absolute Gasteiger partial charge is 0.480 e. The molecule has 2 N–H and O–H groups in total. The second-order valence-corrected chi connectivity index (χ2v) is 8.94. The van der Waals surface area contributed by atoms with E-state index in [4.69, 9.17) is 4.74 Å². The number of alkyl halides is 3. The van der Waals surface area contributed by atoms with Gasteiger partial charge < -0.3 is 19.7 Å². The molecule has 3 rings (SSSR count). The van der Waals surface area contributed by atoms with Gasteiger partial charge in [-0.2, -0.15) is 18.4 Å². The topological polar surface area (TPSA) is 117 Å². The predicted octanol–water partition coefficient (Wildman–Crippen LogP) is 4.35. The Bertz CT molecular complexity index is 1410. The Morgan fingerprint density at radius 3 is 2.51 bits per heavy atom. The van der Waals surface area contributed by atoms with Gasteiger partial charge in [0.2, 0.25) is 0 Å². The highest BCUT2D eigenvalue weighted by Gasteiger charge is 2.38. The van der Waals surface area contributed by atoms with Gasteiger partial charge in [0.05, 0.1) is 11.3 Å². The van der Waals surface area contributed by atoms with Crippen molar-refractivity contribution in [3.8, 4) is 23.1 Å². The predicted molar refractivity (Wildman–Crippen MR) is 133 cm³/mol. The lowest BCUT2D eigenvalue weighted by molar-refractivity contribution is -0.189. The van der Waals surface area contributed by atoms with Crippen molar-refractivity contribution in [2.45, 2.75) is 45.0 Å². The number of ketones is 1. The second kappa shape index (κ2) is 12.1. The molecule has 0 saturated heterocycles. The highest BCUT2D eigenvalue weighted by molar-refractivity contribution is 5.95. The van der Waals surface area contributed by atoms with Gasteiger partial charge in [0.15, 0.2) is 17.7 Å². The van der Waals surface area contributed by atoms with E-state index in [2.05, 4.69) is 10.3 Å². The van der Waals surface area contributed by atoms with E-state index >= 15 is 0 Å². The monoisotopic (exact) mass is 546 g/mol. The maximum absolute atomic E-state index is 14.9. The summed E-state index contributed by atoms with van der Waals surface area (Å²) in [6, 6.07) is 8.96. The number of aliphatic hydroxyl groups is 1. The van der Waals surface area contributed by atoms with Gasteiger partial charge in [0, 0.05) is 43.9 Å². The van der Waals surface area contributed by atoms with Crippen LogP contribution in [0.25, 0.3) is 11.3 Å². The van der Waals surface area contributed by atoms with Crippen molar-refractivity contribution in [2.75, 3.05) is 6.61 Å². The standard InChI is InChI=1S/C27H26F4N4O4/c1-15(37)25-34-23(14-35(25)3)21-6-4-17(11-22(21)28)10-20(8-9-36)33-26(38)18-5-7-24(19(12-18)13-32)39-16(2)27(29,30)31/h4-7,11-12,14,16,20,36H,8-10H2,1-3H3,(H,33,38)/t16-,20+/m0/s1. The molecule has 12 heteroatoms.